The minimum atomic E-state index is 0.226. The Morgan fingerprint density at radius 1 is 1.64 bits per heavy atom. The first-order valence-electron chi connectivity index (χ1n) is 4.57. The molecule has 0 spiro atoms. The highest BCUT2D eigenvalue weighted by Crippen LogP contribution is 2.22. The maximum atomic E-state index is 5.76. The summed E-state index contributed by atoms with van der Waals surface area (Å²) in [6, 6.07) is 0.378. The fraction of sp³-hybridized carbons (Fsp3) is 0.556. The fourth-order valence-corrected chi connectivity index (χ4v) is 1.26. The third-order valence-electron chi connectivity index (χ3n) is 2.35. The maximum Gasteiger partial charge on any atom is 0.224 e. The van der Waals surface area contributed by atoms with Crippen LogP contribution in [0.5, 0.6) is 0 Å². The second kappa shape index (κ2) is 4.46. The first-order valence-corrected chi connectivity index (χ1v) is 4.95. The van der Waals surface area contributed by atoms with Crippen molar-refractivity contribution in [2.45, 2.75) is 26.3 Å². The van der Waals surface area contributed by atoms with Gasteiger partial charge in [0.15, 0.2) is 5.82 Å². The van der Waals surface area contributed by atoms with Gasteiger partial charge in [-0.2, -0.15) is 4.98 Å². The van der Waals surface area contributed by atoms with E-state index in [0.717, 1.165) is 6.42 Å². The van der Waals surface area contributed by atoms with Crippen molar-refractivity contribution in [3.8, 4) is 0 Å². The van der Waals surface area contributed by atoms with Crippen molar-refractivity contribution in [1.82, 2.24) is 9.97 Å². The Hall–Kier alpha value is -1.03. The smallest absolute Gasteiger partial charge is 0.224 e. The van der Waals surface area contributed by atoms with Crippen LogP contribution in [0.25, 0.3) is 0 Å². The Morgan fingerprint density at radius 3 is 2.86 bits per heavy atom. The number of halogens is 1. The number of nitrogens with zero attached hydrogens (tertiary/aromatic N) is 3. The number of hydrogen-bond acceptors (Lipinski definition) is 4. The Bertz CT molecular complexity index is 316. The van der Waals surface area contributed by atoms with Crippen molar-refractivity contribution in [2.24, 2.45) is 0 Å². The molecule has 1 rings (SSSR count). The highest BCUT2D eigenvalue weighted by molar-refractivity contribution is 6.28. The third-order valence-corrected chi connectivity index (χ3v) is 2.53. The molecule has 5 heteroatoms. The molecule has 0 radical (unpaired) electrons. The van der Waals surface area contributed by atoms with E-state index in [1.54, 1.807) is 0 Å². The molecule has 1 unspecified atom stereocenters. The van der Waals surface area contributed by atoms with Crippen LogP contribution in [-0.4, -0.2) is 23.1 Å². The number of anilines is 2. The van der Waals surface area contributed by atoms with Crippen LogP contribution in [-0.2, 0) is 0 Å². The third kappa shape index (κ3) is 2.26. The number of rotatable bonds is 3. The molecule has 0 fully saturated rings. The van der Waals surface area contributed by atoms with Gasteiger partial charge in [0.2, 0.25) is 5.28 Å². The van der Waals surface area contributed by atoms with Crippen molar-refractivity contribution in [3.05, 3.63) is 11.5 Å². The summed E-state index contributed by atoms with van der Waals surface area (Å²) >= 11 is 5.70. The average molecular weight is 215 g/mol. The molecule has 0 bridgehead atoms. The summed E-state index contributed by atoms with van der Waals surface area (Å²) in [4.78, 5) is 9.91. The highest BCUT2D eigenvalue weighted by atomic mass is 35.5. The van der Waals surface area contributed by atoms with Gasteiger partial charge in [-0.3, -0.25) is 0 Å². The molecule has 1 aromatic rings. The lowest BCUT2D eigenvalue weighted by atomic mass is 10.2. The zero-order valence-corrected chi connectivity index (χ0v) is 9.41. The molecular weight excluding hydrogens is 200 g/mol. The first-order chi connectivity index (χ1) is 6.56. The highest BCUT2D eigenvalue weighted by Gasteiger charge is 2.13. The van der Waals surface area contributed by atoms with E-state index in [4.69, 9.17) is 17.3 Å². The zero-order valence-electron chi connectivity index (χ0n) is 8.66. The van der Waals surface area contributed by atoms with Gasteiger partial charge in [-0.05, 0) is 24.9 Å². The summed E-state index contributed by atoms with van der Waals surface area (Å²) in [5.74, 6) is 0.694. The Balaban J connectivity index is 2.99. The van der Waals surface area contributed by atoms with Gasteiger partial charge in [0, 0.05) is 13.1 Å². The molecular formula is C9H15ClN4. The molecule has 78 valence electrons. The Labute approximate surface area is 89.1 Å². The summed E-state index contributed by atoms with van der Waals surface area (Å²) in [5, 5.41) is 0.226. The molecule has 1 atom stereocenters. The number of hydrogen-bond donors (Lipinski definition) is 1. The van der Waals surface area contributed by atoms with E-state index in [9.17, 15) is 0 Å². The van der Waals surface area contributed by atoms with Crippen LogP contribution in [0.2, 0.25) is 5.28 Å². The fourth-order valence-electron chi connectivity index (χ4n) is 1.13. The SMILES string of the molecule is CCC(C)N(C)c1nc(Cl)ncc1N. The summed E-state index contributed by atoms with van der Waals surface area (Å²) < 4.78 is 0. The lowest BCUT2D eigenvalue weighted by Gasteiger charge is -2.25. The number of nitrogen functional groups attached to an aromatic ring is 1. The van der Waals surface area contributed by atoms with Crippen molar-refractivity contribution in [1.29, 1.82) is 0 Å². The molecule has 0 saturated carbocycles. The van der Waals surface area contributed by atoms with Crippen molar-refractivity contribution in [2.75, 3.05) is 17.7 Å². The van der Waals surface area contributed by atoms with Crippen molar-refractivity contribution >= 4 is 23.1 Å². The van der Waals surface area contributed by atoms with Crippen LogP contribution in [0.15, 0.2) is 6.20 Å². The lowest BCUT2D eigenvalue weighted by molar-refractivity contribution is 0.657. The Morgan fingerprint density at radius 2 is 2.29 bits per heavy atom. The lowest BCUT2D eigenvalue weighted by Crippen LogP contribution is -2.29. The van der Waals surface area contributed by atoms with Crippen LogP contribution < -0.4 is 10.6 Å². The van der Waals surface area contributed by atoms with Crippen molar-refractivity contribution < 1.29 is 0 Å². The van der Waals surface area contributed by atoms with Gasteiger partial charge in [0.05, 0.1) is 11.9 Å². The quantitative estimate of drug-likeness (QED) is 0.782. The summed E-state index contributed by atoms with van der Waals surface area (Å²) in [6.07, 6.45) is 2.56. The molecule has 1 heterocycles. The molecule has 2 N–H and O–H groups in total. The van der Waals surface area contributed by atoms with E-state index >= 15 is 0 Å². The van der Waals surface area contributed by atoms with E-state index in [2.05, 4.69) is 23.8 Å². The zero-order chi connectivity index (χ0) is 10.7. The topological polar surface area (TPSA) is 55.0 Å². The normalized spacial score (nSPS) is 12.6. The molecule has 0 aliphatic heterocycles. The monoisotopic (exact) mass is 214 g/mol. The van der Waals surface area contributed by atoms with Crippen LogP contribution in [0, 0.1) is 0 Å². The maximum absolute atomic E-state index is 5.76. The van der Waals surface area contributed by atoms with E-state index in [1.807, 2.05) is 11.9 Å². The summed E-state index contributed by atoms with van der Waals surface area (Å²) in [6.45, 7) is 4.22. The van der Waals surface area contributed by atoms with Gasteiger partial charge in [0.25, 0.3) is 0 Å². The van der Waals surface area contributed by atoms with Gasteiger partial charge < -0.3 is 10.6 Å². The van der Waals surface area contributed by atoms with Gasteiger partial charge in [-0.25, -0.2) is 4.98 Å². The van der Waals surface area contributed by atoms with E-state index in [-0.39, 0.29) is 5.28 Å². The van der Waals surface area contributed by atoms with E-state index in [1.165, 1.54) is 6.20 Å². The van der Waals surface area contributed by atoms with Gasteiger partial charge in [-0.15, -0.1) is 0 Å². The number of aromatic nitrogens is 2. The largest absolute Gasteiger partial charge is 0.394 e. The molecule has 0 amide bonds. The molecule has 4 nitrogen and oxygen atoms in total. The summed E-state index contributed by atoms with van der Waals surface area (Å²) in [7, 11) is 1.95. The molecule has 0 aromatic carbocycles. The standard InChI is InChI=1S/C9H15ClN4/c1-4-6(2)14(3)8-7(11)5-12-9(10)13-8/h5-6H,4,11H2,1-3H3. The second-order valence-electron chi connectivity index (χ2n) is 3.29. The predicted molar refractivity (Wildman–Crippen MR) is 59.6 cm³/mol. The predicted octanol–water partition coefficient (Wildman–Crippen LogP) is 1.95. The number of nitrogens with two attached hydrogens (primary N) is 1. The minimum absolute atomic E-state index is 0.226. The molecule has 14 heavy (non-hydrogen) atoms. The van der Waals surface area contributed by atoms with E-state index in [0.29, 0.717) is 17.5 Å². The van der Waals surface area contributed by atoms with Gasteiger partial charge >= 0.3 is 0 Å². The second-order valence-corrected chi connectivity index (χ2v) is 3.62. The minimum Gasteiger partial charge on any atom is -0.394 e. The molecule has 0 aliphatic rings. The Kier molecular flexibility index (Phi) is 3.52. The van der Waals surface area contributed by atoms with Crippen molar-refractivity contribution in [3.63, 3.8) is 0 Å². The molecule has 0 aliphatic carbocycles. The average Bonchev–Trinajstić information content (AvgIpc) is 2.19. The summed E-state index contributed by atoms with van der Waals surface area (Å²) in [5.41, 5.74) is 6.31. The first kappa shape index (κ1) is 11.0. The molecule has 1 aromatic heterocycles. The van der Waals surface area contributed by atoms with Gasteiger partial charge in [-0.1, -0.05) is 6.92 Å². The van der Waals surface area contributed by atoms with E-state index < -0.39 is 0 Å². The van der Waals surface area contributed by atoms with Gasteiger partial charge in [0.1, 0.15) is 0 Å². The van der Waals surface area contributed by atoms with Crippen LogP contribution in [0.1, 0.15) is 20.3 Å². The van der Waals surface area contributed by atoms with Crippen LogP contribution in [0.4, 0.5) is 11.5 Å². The van der Waals surface area contributed by atoms with Crippen LogP contribution in [0.3, 0.4) is 0 Å². The molecule has 0 saturated heterocycles. The van der Waals surface area contributed by atoms with Crippen LogP contribution >= 0.6 is 11.6 Å².